The van der Waals surface area contributed by atoms with Crippen LogP contribution < -0.4 is 0 Å². The SMILES string of the molecule is Cc1ccnc(SC2CCCCC2)c1C#N. The zero-order valence-electron chi connectivity index (χ0n) is 9.57. The second-order valence-corrected chi connectivity index (χ2v) is 5.59. The number of hydrogen-bond acceptors (Lipinski definition) is 3. The zero-order valence-corrected chi connectivity index (χ0v) is 10.4. The molecule has 2 nitrogen and oxygen atoms in total. The van der Waals surface area contributed by atoms with Crippen LogP contribution in [0.2, 0.25) is 0 Å². The van der Waals surface area contributed by atoms with Crippen LogP contribution in [0.25, 0.3) is 0 Å². The Morgan fingerprint density at radius 2 is 2.12 bits per heavy atom. The van der Waals surface area contributed by atoms with Crippen LogP contribution in [0.4, 0.5) is 0 Å². The number of nitrogens with zero attached hydrogens (tertiary/aromatic N) is 2. The van der Waals surface area contributed by atoms with Crippen molar-refractivity contribution < 1.29 is 0 Å². The fourth-order valence-electron chi connectivity index (χ4n) is 2.10. The molecule has 0 N–H and O–H groups in total. The molecule has 0 aromatic carbocycles. The average molecular weight is 232 g/mol. The molecular formula is C13H16N2S. The summed E-state index contributed by atoms with van der Waals surface area (Å²) in [7, 11) is 0. The van der Waals surface area contributed by atoms with Crippen molar-refractivity contribution in [2.24, 2.45) is 0 Å². The quantitative estimate of drug-likeness (QED) is 0.780. The maximum atomic E-state index is 9.13. The molecule has 1 saturated carbocycles. The molecule has 0 atom stereocenters. The third-order valence-corrected chi connectivity index (χ3v) is 4.40. The molecule has 1 fully saturated rings. The minimum absolute atomic E-state index is 0.662. The average Bonchev–Trinajstić information content (AvgIpc) is 2.31. The summed E-state index contributed by atoms with van der Waals surface area (Å²) >= 11 is 1.80. The molecule has 0 unspecified atom stereocenters. The van der Waals surface area contributed by atoms with E-state index in [1.165, 1.54) is 32.1 Å². The van der Waals surface area contributed by atoms with Crippen LogP contribution in [0.1, 0.15) is 43.2 Å². The number of rotatable bonds is 2. The van der Waals surface area contributed by atoms with Crippen LogP contribution in [0.15, 0.2) is 17.3 Å². The lowest BCUT2D eigenvalue weighted by Gasteiger charge is -2.20. The van der Waals surface area contributed by atoms with Crippen molar-refractivity contribution in [3.63, 3.8) is 0 Å². The van der Waals surface area contributed by atoms with Gasteiger partial charge in [0.05, 0.1) is 5.56 Å². The molecule has 0 radical (unpaired) electrons. The highest BCUT2D eigenvalue weighted by atomic mass is 32.2. The van der Waals surface area contributed by atoms with E-state index in [1.807, 2.05) is 13.0 Å². The van der Waals surface area contributed by atoms with Crippen molar-refractivity contribution in [2.45, 2.75) is 49.3 Å². The second kappa shape index (κ2) is 5.36. The molecule has 0 bridgehead atoms. The van der Waals surface area contributed by atoms with Gasteiger partial charge in [0.2, 0.25) is 0 Å². The standard InChI is InChI=1S/C13H16N2S/c1-10-7-8-15-13(12(10)9-14)16-11-5-3-2-4-6-11/h7-8,11H,2-6H2,1H3. The largest absolute Gasteiger partial charge is 0.249 e. The number of aromatic nitrogens is 1. The normalized spacial score (nSPS) is 17.0. The fourth-order valence-corrected chi connectivity index (χ4v) is 3.43. The number of aryl methyl sites for hydroxylation is 1. The lowest BCUT2D eigenvalue weighted by molar-refractivity contribution is 0.515. The third-order valence-electron chi connectivity index (χ3n) is 3.07. The Labute approximate surface area is 101 Å². The summed E-state index contributed by atoms with van der Waals surface area (Å²) in [5, 5.41) is 10.7. The molecule has 1 aromatic rings. The Morgan fingerprint density at radius 3 is 2.81 bits per heavy atom. The molecule has 1 heterocycles. The van der Waals surface area contributed by atoms with Crippen LogP contribution >= 0.6 is 11.8 Å². The monoisotopic (exact) mass is 232 g/mol. The predicted molar refractivity (Wildman–Crippen MR) is 66.4 cm³/mol. The third kappa shape index (κ3) is 2.56. The molecule has 1 aromatic heterocycles. The van der Waals surface area contributed by atoms with Gasteiger partial charge in [-0.15, -0.1) is 11.8 Å². The molecule has 0 aliphatic heterocycles. The molecule has 1 aliphatic rings. The van der Waals surface area contributed by atoms with E-state index in [-0.39, 0.29) is 0 Å². The van der Waals surface area contributed by atoms with Crippen LogP contribution in [0.3, 0.4) is 0 Å². The molecule has 0 amide bonds. The Balaban J connectivity index is 2.14. The summed E-state index contributed by atoms with van der Waals surface area (Å²) in [6.07, 6.45) is 8.36. The van der Waals surface area contributed by atoms with Crippen molar-refractivity contribution in [1.29, 1.82) is 5.26 Å². The van der Waals surface area contributed by atoms with Crippen molar-refractivity contribution in [2.75, 3.05) is 0 Å². The molecule has 2 rings (SSSR count). The van der Waals surface area contributed by atoms with E-state index >= 15 is 0 Å². The lowest BCUT2D eigenvalue weighted by atomic mass is 10.0. The van der Waals surface area contributed by atoms with E-state index in [2.05, 4.69) is 11.1 Å². The minimum Gasteiger partial charge on any atom is -0.249 e. The topological polar surface area (TPSA) is 36.7 Å². The Hall–Kier alpha value is -1.01. The summed E-state index contributed by atoms with van der Waals surface area (Å²) in [6.45, 7) is 1.98. The minimum atomic E-state index is 0.662. The Kier molecular flexibility index (Phi) is 3.84. The van der Waals surface area contributed by atoms with E-state index in [0.717, 1.165) is 16.2 Å². The molecule has 16 heavy (non-hydrogen) atoms. The summed E-state index contributed by atoms with van der Waals surface area (Å²) in [6, 6.07) is 4.18. The number of pyridine rings is 1. The van der Waals surface area contributed by atoms with Gasteiger partial charge in [-0.05, 0) is 31.4 Å². The maximum Gasteiger partial charge on any atom is 0.114 e. The highest BCUT2D eigenvalue weighted by Gasteiger charge is 2.17. The van der Waals surface area contributed by atoms with E-state index in [9.17, 15) is 0 Å². The van der Waals surface area contributed by atoms with Crippen molar-refractivity contribution in [1.82, 2.24) is 4.98 Å². The Bertz CT molecular complexity index is 403. The first-order valence-electron chi connectivity index (χ1n) is 5.83. The molecular weight excluding hydrogens is 216 g/mol. The van der Waals surface area contributed by atoms with E-state index in [4.69, 9.17) is 5.26 Å². The molecule has 0 saturated heterocycles. The van der Waals surface area contributed by atoms with Gasteiger partial charge >= 0.3 is 0 Å². The second-order valence-electron chi connectivity index (χ2n) is 4.30. The van der Waals surface area contributed by atoms with Crippen molar-refractivity contribution >= 4 is 11.8 Å². The van der Waals surface area contributed by atoms with E-state index in [1.54, 1.807) is 18.0 Å². The zero-order chi connectivity index (χ0) is 11.4. The molecule has 3 heteroatoms. The smallest absolute Gasteiger partial charge is 0.114 e. The van der Waals surface area contributed by atoms with Crippen LogP contribution in [0, 0.1) is 18.3 Å². The van der Waals surface area contributed by atoms with Crippen molar-refractivity contribution in [3.05, 3.63) is 23.4 Å². The van der Waals surface area contributed by atoms with Crippen LogP contribution in [-0.4, -0.2) is 10.2 Å². The van der Waals surface area contributed by atoms with Gasteiger partial charge in [-0.25, -0.2) is 4.98 Å². The molecule has 0 spiro atoms. The summed E-state index contributed by atoms with van der Waals surface area (Å²) in [5.41, 5.74) is 1.80. The van der Waals surface area contributed by atoms with Gasteiger partial charge in [-0.1, -0.05) is 19.3 Å². The lowest BCUT2D eigenvalue weighted by Crippen LogP contribution is -2.08. The fraction of sp³-hybridized carbons (Fsp3) is 0.538. The number of thioether (sulfide) groups is 1. The van der Waals surface area contributed by atoms with Gasteiger partial charge in [-0.2, -0.15) is 5.26 Å². The maximum absolute atomic E-state index is 9.13. The first-order valence-corrected chi connectivity index (χ1v) is 6.71. The summed E-state index contributed by atoms with van der Waals surface area (Å²) < 4.78 is 0. The van der Waals surface area contributed by atoms with Gasteiger partial charge < -0.3 is 0 Å². The van der Waals surface area contributed by atoms with Gasteiger partial charge in [0.25, 0.3) is 0 Å². The van der Waals surface area contributed by atoms with Crippen LogP contribution in [0.5, 0.6) is 0 Å². The summed E-state index contributed by atoms with van der Waals surface area (Å²) in [4.78, 5) is 4.34. The van der Waals surface area contributed by atoms with Crippen LogP contribution in [-0.2, 0) is 0 Å². The number of nitriles is 1. The van der Waals surface area contributed by atoms with Gasteiger partial charge in [-0.3, -0.25) is 0 Å². The first kappa shape index (κ1) is 11.5. The van der Waals surface area contributed by atoms with Gasteiger partial charge in [0.15, 0.2) is 0 Å². The Morgan fingerprint density at radius 1 is 1.38 bits per heavy atom. The van der Waals surface area contributed by atoms with Crippen molar-refractivity contribution in [3.8, 4) is 6.07 Å². The van der Waals surface area contributed by atoms with E-state index < -0.39 is 0 Å². The summed E-state index contributed by atoms with van der Waals surface area (Å²) in [5.74, 6) is 0. The predicted octanol–water partition coefficient (Wildman–Crippen LogP) is 3.69. The first-order chi connectivity index (χ1) is 7.81. The van der Waals surface area contributed by atoms with Gasteiger partial charge in [0.1, 0.15) is 11.1 Å². The molecule has 1 aliphatic carbocycles. The molecule has 84 valence electrons. The highest BCUT2D eigenvalue weighted by molar-refractivity contribution is 7.99. The highest BCUT2D eigenvalue weighted by Crippen LogP contribution is 2.34. The van der Waals surface area contributed by atoms with E-state index in [0.29, 0.717) is 5.25 Å². The number of hydrogen-bond donors (Lipinski definition) is 0. The van der Waals surface area contributed by atoms with Gasteiger partial charge in [0, 0.05) is 11.4 Å².